The van der Waals surface area contributed by atoms with E-state index in [0.29, 0.717) is 11.6 Å². The maximum atomic E-state index is 12.6. The Morgan fingerprint density at radius 1 is 1.14 bits per heavy atom. The first-order chi connectivity index (χ1) is 13.5. The SMILES string of the molecule is Cn1ncnc1COc1ccc(S(=O)(=O)NCc2ccc3c(c2)CNC3)cc1. The predicted octanol–water partition coefficient (Wildman–Crippen LogP) is 1.48. The van der Waals surface area contributed by atoms with Gasteiger partial charge in [0.2, 0.25) is 10.0 Å². The van der Waals surface area contributed by atoms with Crippen molar-refractivity contribution in [3.05, 3.63) is 71.3 Å². The molecule has 0 radical (unpaired) electrons. The number of aryl methyl sites for hydroxylation is 1. The lowest BCUT2D eigenvalue weighted by Gasteiger charge is -2.10. The normalized spacial score (nSPS) is 13.5. The molecule has 0 atom stereocenters. The minimum atomic E-state index is -3.60. The maximum absolute atomic E-state index is 12.6. The van der Waals surface area contributed by atoms with Gasteiger partial charge in [0.1, 0.15) is 18.7 Å². The number of sulfonamides is 1. The van der Waals surface area contributed by atoms with Crippen LogP contribution in [0.5, 0.6) is 5.75 Å². The van der Waals surface area contributed by atoms with Crippen LogP contribution in [-0.4, -0.2) is 23.2 Å². The number of fused-ring (bicyclic) bond motifs is 1. The number of ether oxygens (including phenoxy) is 1. The van der Waals surface area contributed by atoms with E-state index >= 15 is 0 Å². The van der Waals surface area contributed by atoms with Crippen molar-refractivity contribution in [1.82, 2.24) is 24.8 Å². The topological polar surface area (TPSA) is 98.1 Å². The quantitative estimate of drug-likeness (QED) is 0.624. The van der Waals surface area contributed by atoms with Gasteiger partial charge in [0.25, 0.3) is 0 Å². The molecular weight excluding hydrogens is 378 g/mol. The van der Waals surface area contributed by atoms with Crippen molar-refractivity contribution in [3.63, 3.8) is 0 Å². The van der Waals surface area contributed by atoms with E-state index in [1.807, 2.05) is 18.2 Å². The van der Waals surface area contributed by atoms with Gasteiger partial charge in [-0.15, -0.1) is 0 Å². The van der Waals surface area contributed by atoms with Crippen molar-refractivity contribution in [2.45, 2.75) is 31.1 Å². The van der Waals surface area contributed by atoms with Gasteiger partial charge >= 0.3 is 0 Å². The number of rotatable bonds is 7. The molecule has 8 nitrogen and oxygen atoms in total. The van der Waals surface area contributed by atoms with Gasteiger partial charge in [-0.1, -0.05) is 18.2 Å². The third-order valence-corrected chi connectivity index (χ3v) is 6.09. The van der Waals surface area contributed by atoms with Crippen LogP contribution >= 0.6 is 0 Å². The smallest absolute Gasteiger partial charge is 0.240 e. The Labute approximate surface area is 163 Å². The minimum Gasteiger partial charge on any atom is -0.486 e. The van der Waals surface area contributed by atoms with Crippen LogP contribution in [-0.2, 0) is 43.3 Å². The van der Waals surface area contributed by atoms with Crippen molar-refractivity contribution < 1.29 is 13.2 Å². The van der Waals surface area contributed by atoms with Crippen LogP contribution in [0.1, 0.15) is 22.5 Å². The van der Waals surface area contributed by atoms with E-state index in [1.165, 1.54) is 29.6 Å². The van der Waals surface area contributed by atoms with Gasteiger partial charge in [0.05, 0.1) is 4.90 Å². The van der Waals surface area contributed by atoms with Gasteiger partial charge in [0, 0.05) is 26.7 Å². The fourth-order valence-corrected chi connectivity index (χ4v) is 4.05. The van der Waals surface area contributed by atoms with Crippen LogP contribution in [0.3, 0.4) is 0 Å². The van der Waals surface area contributed by atoms with Crippen molar-refractivity contribution in [2.75, 3.05) is 0 Å². The van der Waals surface area contributed by atoms with Gasteiger partial charge in [-0.3, -0.25) is 4.68 Å². The first-order valence-corrected chi connectivity index (χ1v) is 10.4. The molecule has 4 rings (SSSR count). The molecular formula is C19H21N5O3S. The molecule has 9 heteroatoms. The number of benzene rings is 2. The molecule has 1 aliphatic rings. The molecule has 1 aliphatic heterocycles. The van der Waals surface area contributed by atoms with E-state index in [1.54, 1.807) is 23.9 Å². The molecule has 0 bridgehead atoms. The highest BCUT2D eigenvalue weighted by molar-refractivity contribution is 7.89. The molecule has 3 aromatic rings. The third-order valence-electron chi connectivity index (χ3n) is 4.68. The summed E-state index contributed by atoms with van der Waals surface area (Å²) >= 11 is 0. The molecule has 28 heavy (non-hydrogen) atoms. The summed E-state index contributed by atoms with van der Waals surface area (Å²) in [5.74, 6) is 1.25. The highest BCUT2D eigenvalue weighted by Gasteiger charge is 2.15. The van der Waals surface area contributed by atoms with E-state index in [2.05, 4.69) is 20.1 Å². The van der Waals surface area contributed by atoms with Crippen LogP contribution in [0.2, 0.25) is 0 Å². The zero-order chi connectivity index (χ0) is 19.6. The second-order valence-corrected chi connectivity index (χ2v) is 8.36. The van der Waals surface area contributed by atoms with E-state index in [9.17, 15) is 8.42 Å². The second-order valence-electron chi connectivity index (χ2n) is 6.59. The average Bonchev–Trinajstić information content (AvgIpc) is 3.33. The van der Waals surface area contributed by atoms with E-state index in [0.717, 1.165) is 18.7 Å². The lowest BCUT2D eigenvalue weighted by atomic mass is 10.1. The fourth-order valence-electron chi connectivity index (χ4n) is 3.03. The molecule has 0 spiro atoms. The zero-order valence-electron chi connectivity index (χ0n) is 15.4. The first kappa shape index (κ1) is 18.6. The molecule has 146 valence electrons. The molecule has 0 aliphatic carbocycles. The summed E-state index contributed by atoms with van der Waals surface area (Å²) in [4.78, 5) is 4.28. The standard InChI is InChI=1S/C19H21N5O3S/c1-24-19(21-13-22-24)12-27-17-4-6-18(7-5-17)28(25,26)23-9-14-2-3-15-10-20-11-16(15)8-14/h2-8,13,20,23H,9-12H2,1H3. The Kier molecular flexibility index (Phi) is 5.12. The van der Waals surface area contributed by atoms with Gasteiger partial charge in [-0.05, 0) is 41.0 Å². The number of hydrogen-bond donors (Lipinski definition) is 2. The van der Waals surface area contributed by atoms with Crippen molar-refractivity contribution in [1.29, 1.82) is 0 Å². The van der Waals surface area contributed by atoms with Crippen LogP contribution in [0, 0.1) is 0 Å². The Bertz CT molecular complexity index is 1080. The third kappa shape index (κ3) is 4.06. The van der Waals surface area contributed by atoms with Crippen LogP contribution in [0.4, 0.5) is 0 Å². The summed E-state index contributed by atoms with van der Waals surface area (Å²) in [6, 6.07) is 12.4. The number of nitrogens with zero attached hydrogens (tertiary/aromatic N) is 3. The van der Waals surface area contributed by atoms with Crippen molar-refractivity contribution in [2.24, 2.45) is 7.05 Å². The summed E-state index contributed by atoms with van der Waals surface area (Å²) in [6.07, 6.45) is 1.46. The Morgan fingerprint density at radius 3 is 2.68 bits per heavy atom. The van der Waals surface area contributed by atoms with E-state index < -0.39 is 10.0 Å². The fraction of sp³-hybridized carbons (Fsp3) is 0.263. The second kappa shape index (κ2) is 7.70. The lowest BCUT2D eigenvalue weighted by Crippen LogP contribution is -2.23. The Balaban J connectivity index is 1.38. The summed E-state index contributed by atoms with van der Waals surface area (Å²) in [7, 11) is -1.82. The molecule has 2 N–H and O–H groups in total. The largest absolute Gasteiger partial charge is 0.486 e. The summed E-state index contributed by atoms with van der Waals surface area (Å²) in [5, 5.41) is 7.26. The highest BCUT2D eigenvalue weighted by atomic mass is 32.2. The maximum Gasteiger partial charge on any atom is 0.240 e. The Morgan fingerprint density at radius 2 is 1.93 bits per heavy atom. The van der Waals surface area contributed by atoms with Gasteiger partial charge in [-0.2, -0.15) is 5.10 Å². The first-order valence-electron chi connectivity index (χ1n) is 8.88. The van der Waals surface area contributed by atoms with Crippen LogP contribution in [0.15, 0.2) is 53.7 Å². The van der Waals surface area contributed by atoms with Crippen LogP contribution < -0.4 is 14.8 Å². The average molecular weight is 399 g/mol. The lowest BCUT2D eigenvalue weighted by molar-refractivity contribution is 0.289. The van der Waals surface area contributed by atoms with Crippen LogP contribution in [0.25, 0.3) is 0 Å². The summed E-state index contributed by atoms with van der Waals surface area (Å²) in [5.41, 5.74) is 3.43. The molecule has 0 amide bonds. The van der Waals surface area contributed by atoms with Gasteiger partial charge in [-0.25, -0.2) is 18.1 Å². The van der Waals surface area contributed by atoms with Crippen molar-refractivity contribution >= 4 is 10.0 Å². The van der Waals surface area contributed by atoms with Crippen molar-refractivity contribution in [3.8, 4) is 5.75 Å². The minimum absolute atomic E-state index is 0.196. The van der Waals surface area contributed by atoms with Gasteiger partial charge < -0.3 is 10.1 Å². The predicted molar refractivity (Wildman–Crippen MR) is 103 cm³/mol. The zero-order valence-corrected chi connectivity index (χ0v) is 16.2. The van der Waals surface area contributed by atoms with E-state index in [4.69, 9.17) is 4.74 Å². The molecule has 0 saturated heterocycles. The highest BCUT2D eigenvalue weighted by Crippen LogP contribution is 2.19. The van der Waals surface area contributed by atoms with Gasteiger partial charge in [0.15, 0.2) is 5.82 Å². The summed E-state index contributed by atoms with van der Waals surface area (Å²) < 4.78 is 35.0. The van der Waals surface area contributed by atoms with E-state index in [-0.39, 0.29) is 18.0 Å². The number of aromatic nitrogens is 3. The molecule has 0 fully saturated rings. The molecule has 2 heterocycles. The molecule has 2 aromatic carbocycles. The number of nitrogens with one attached hydrogen (secondary N) is 2. The molecule has 0 unspecified atom stereocenters. The molecule has 0 saturated carbocycles. The number of hydrogen-bond acceptors (Lipinski definition) is 6. The molecule has 1 aromatic heterocycles. The summed E-state index contributed by atoms with van der Waals surface area (Å²) in [6.45, 7) is 2.20. The monoisotopic (exact) mass is 399 g/mol. The Hall–Kier alpha value is -2.75.